The number of halogens is 1. The number of hydrogen-bond acceptors (Lipinski definition) is 3. The van der Waals surface area contributed by atoms with Crippen LogP contribution in [0.4, 0.5) is 5.69 Å². The number of thiophene rings is 1. The highest BCUT2D eigenvalue weighted by molar-refractivity contribution is 7.11. The molecule has 0 atom stereocenters. The molecule has 1 saturated heterocycles. The van der Waals surface area contributed by atoms with Gasteiger partial charge in [-0.15, -0.1) is 11.3 Å². The number of piperazine rings is 1. The number of nitrogens with zero attached hydrogens (tertiary/aromatic N) is 2. The number of anilines is 1. The Kier molecular flexibility index (Phi) is 4.29. The van der Waals surface area contributed by atoms with Crippen LogP contribution in [-0.2, 0) is 6.54 Å². The van der Waals surface area contributed by atoms with Crippen LogP contribution in [0, 0.1) is 6.92 Å². The summed E-state index contributed by atoms with van der Waals surface area (Å²) in [5, 5.41) is 0.819. The van der Waals surface area contributed by atoms with Gasteiger partial charge in [0.05, 0.1) is 0 Å². The monoisotopic (exact) mass is 306 g/mol. The molecular formula is C16H19ClN2S. The molecule has 0 unspecified atom stereocenters. The molecule has 106 valence electrons. The third-order valence-corrected chi connectivity index (χ3v) is 4.94. The van der Waals surface area contributed by atoms with Crippen molar-refractivity contribution in [1.29, 1.82) is 0 Å². The maximum atomic E-state index is 6.07. The Labute approximate surface area is 129 Å². The summed E-state index contributed by atoms with van der Waals surface area (Å²) >= 11 is 7.97. The molecule has 0 aliphatic carbocycles. The van der Waals surface area contributed by atoms with Crippen LogP contribution in [0.2, 0.25) is 5.02 Å². The number of rotatable bonds is 3. The number of aryl methyl sites for hydroxylation is 1. The first-order valence-corrected chi connectivity index (χ1v) is 8.18. The van der Waals surface area contributed by atoms with Gasteiger partial charge in [-0.25, -0.2) is 0 Å². The lowest BCUT2D eigenvalue weighted by Gasteiger charge is -2.36. The Bertz CT molecular complexity index is 573. The van der Waals surface area contributed by atoms with Gasteiger partial charge < -0.3 is 4.90 Å². The molecule has 2 nitrogen and oxygen atoms in total. The molecule has 1 aliphatic heterocycles. The molecule has 0 spiro atoms. The molecule has 0 amide bonds. The van der Waals surface area contributed by atoms with E-state index >= 15 is 0 Å². The average Bonchev–Trinajstić information content (AvgIpc) is 2.85. The van der Waals surface area contributed by atoms with E-state index in [1.54, 1.807) is 0 Å². The number of benzene rings is 1. The molecule has 3 rings (SSSR count). The quantitative estimate of drug-likeness (QED) is 0.844. The zero-order valence-corrected chi connectivity index (χ0v) is 13.3. The van der Waals surface area contributed by atoms with Gasteiger partial charge in [0.15, 0.2) is 0 Å². The molecule has 20 heavy (non-hydrogen) atoms. The molecule has 1 aliphatic rings. The molecule has 2 heterocycles. The summed E-state index contributed by atoms with van der Waals surface area (Å²) < 4.78 is 0. The molecule has 1 aromatic heterocycles. The van der Waals surface area contributed by atoms with E-state index in [9.17, 15) is 0 Å². The fourth-order valence-corrected chi connectivity index (χ4v) is 3.74. The van der Waals surface area contributed by atoms with E-state index in [-0.39, 0.29) is 0 Å². The van der Waals surface area contributed by atoms with Gasteiger partial charge in [-0.3, -0.25) is 4.90 Å². The van der Waals surface area contributed by atoms with Crippen molar-refractivity contribution >= 4 is 28.6 Å². The average molecular weight is 307 g/mol. The highest BCUT2D eigenvalue weighted by Gasteiger charge is 2.17. The van der Waals surface area contributed by atoms with Crippen molar-refractivity contribution in [2.75, 3.05) is 31.1 Å². The largest absolute Gasteiger partial charge is 0.369 e. The van der Waals surface area contributed by atoms with Crippen molar-refractivity contribution in [3.05, 3.63) is 51.2 Å². The third-order valence-electron chi connectivity index (χ3n) is 3.72. The van der Waals surface area contributed by atoms with Gasteiger partial charge in [0, 0.05) is 53.2 Å². The van der Waals surface area contributed by atoms with Crippen LogP contribution >= 0.6 is 22.9 Å². The van der Waals surface area contributed by atoms with Gasteiger partial charge in [0.1, 0.15) is 0 Å². The molecule has 4 heteroatoms. The van der Waals surface area contributed by atoms with Crippen LogP contribution in [0.3, 0.4) is 0 Å². The van der Waals surface area contributed by atoms with E-state index in [1.807, 2.05) is 23.5 Å². The first kappa shape index (κ1) is 13.9. The van der Waals surface area contributed by atoms with Crippen LogP contribution in [0.25, 0.3) is 0 Å². The van der Waals surface area contributed by atoms with Gasteiger partial charge in [-0.1, -0.05) is 17.7 Å². The fraction of sp³-hybridized carbons (Fsp3) is 0.375. The predicted octanol–water partition coefficient (Wildman–Crippen LogP) is 4.03. The number of hydrogen-bond donors (Lipinski definition) is 0. The minimum atomic E-state index is 0.819. The van der Waals surface area contributed by atoms with Crippen LogP contribution in [0.1, 0.15) is 9.75 Å². The molecule has 0 bridgehead atoms. The second-order valence-corrected chi connectivity index (χ2v) is 7.06. The Morgan fingerprint density at radius 2 is 1.90 bits per heavy atom. The van der Waals surface area contributed by atoms with Gasteiger partial charge in [-0.2, -0.15) is 0 Å². The first-order valence-electron chi connectivity index (χ1n) is 6.99. The summed E-state index contributed by atoms with van der Waals surface area (Å²) in [6, 6.07) is 12.6. The van der Waals surface area contributed by atoms with Crippen molar-refractivity contribution in [2.24, 2.45) is 0 Å². The molecule has 0 saturated carbocycles. The van der Waals surface area contributed by atoms with Gasteiger partial charge in [0.25, 0.3) is 0 Å². The first-order chi connectivity index (χ1) is 9.70. The van der Waals surface area contributed by atoms with E-state index in [4.69, 9.17) is 11.6 Å². The standard InChI is InChI=1S/C16H19ClN2S/c1-13-5-6-16(20-13)12-18-7-9-19(10-8-18)15-4-2-3-14(17)11-15/h2-6,11H,7-10,12H2,1H3. The molecule has 2 aromatic rings. The molecule has 0 N–H and O–H groups in total. The van der Waals surface area contributed by atoms with E-state index in [0.717, 1.165) is 37.7 Å². The minimum Gasteiger partial charge on any atom is -0.369 e. The zero-order chi connectivity index (χ0) is 13.9. The van der Waals surface area contributed by atoms with Crippen molar-refractivity contribution < 1.29 is 0 Å². The van der Waals surface area contributed by atoms with Crippen molar-refractivity contribution in [1.82, 2.24) is 4.90 Å². The highest BCUT2D eigenvalue weighted by Crippen LogP contribution is 2.22. The van der Waals surface area contributed by atoms with Crippen LogP contribution in [0.15, 0.2) is 36.4 Å². The maximum Gasteiger partial charge on any atom is 0.0426 e. The summed E-state index contributed by atoms with van der Waals surface area (Å²) in [5.74, 6) is 0. The summed E-state index contributed by atoms with van der Waals surface area (Å²) in [7, 11) is 0. The molecular weight excluding hydrogens is 288 g/mol. The SMILES string of the molecule is Cc1ccc(CN2CCN(c3cccc(Cl)c3)CC2)s1. The molecule has 0 radical (unpaired) electrons. The summed E-state index contributed by atoms with van der Waals surface area (Å²) in [4.78, 5) is 7.82. The lowest BCUT2D eigenvalue weighted by atomic mass is 10.2. The third kappa shape index (κ3) is 3.35. The second kappa shape index (κ2) is 6.17. The minimum absolute atomic E-state index is 0.819. The van der Waals surface area contributed by atoms with Gasteiger partial charge >= 0.3 is 0 Å². The highest BCUT2D eigenvalue weighted by atomic mass is 35.5. The Hall–Kier alpha value is -1.03. The van der Waals surface area contributed by atoms with Crippen LogP contribution in [-0.4, -0.2) is 31.1 Å². The lowest BCUT2D eigenvalue weighted by Crippen LogP contribution is -2.45. The summed E-state index contributed by atoms with van der Waals surface area (Å²) in [6.45, 7) is 7.63. The zero-order valence-electron chi connectivity index (χ0n) is 11.7. The normalized spacial score (nSPS) is 16.6. The fourth-order valence-electron chi connectivity index (χ4n) is 2.63. The van der Waals surface area contributed by atoms with Crippen LogP contribution < -0.4 is 4.90 Å². The van der Waals surface area contributed by atoms with E-state index in [2.05, 4.69) is 41.0 Å². The van der Waals surface area contributed by atoms with Crippen molar-refractivity contribution in [3.8, 4) is 0 Å². The van der Waals surface area contributed by atoms with Crippen molar-refractivity contribution in [2.45, 2.75) is 13.5 Å². The van der Waals surface area contributed by atoms with Gasteiger partial charge in [-0.05, 0) is 37.3 Å². The Balaban J connectivity index is 1.57. The lowest BCUT2D eigenvalue weighted by molar-refractivity contribution is 0.252. The van der Waals surface area contributed by atoms with Gasteiger partial charge in [0.2, 0.25) is 0 Å². The molecule has 1 fully saturated rings. The maximum absolute atomic E-state index is 6.07. The summed E-state index contributed by atoms with van der Waals surface area (Å²) in [5.41, 5.74) is 1.24. The Morgan fingerprint density at radius 3 is 2.55 bits per heavy atom. The Morgan fingerprint density at radius 1 is 1.10 bits per heavy atom. The second-order valence-electron chi connectivity index (χ2n) is 5.26. The van der Waals surface area contributed by atoms with E-state index in [1.165, 1.54) is 15.4 Å². The topological polar surface area (TPSA) is 6.48 Å². The van der Waals surface area contributed by atoms with Crippen molar-refractivity contribution in [3.63, 3.8) is 0 Å². The van der Waals surface area contributed by atoms with E-state index < -0.39 is 0 Å². The summed E-state index contributed by atoms with van der Waals surface area (Å²) in [6.07, 6.45) is 0. The smallest absolute Gasteiger partial charge is 0.0426 e. The molecule has 1 aromatic carbocycles. The van der Waals surface area contributed by atoms with Crippen LogP contribution in [0.5, 0.6) is 0 Å². The predicted molar refractivity (Wildman–Crippen MR) is 88.0 cm³/mol. The van der Waals surface area contributed by atoms with E-state index in [0.29, 0.717) is 0 Å².